The van der Waals surface area contributed by atoms with Crippen molar-refractivity contribution in [3.05, 3.63) is 35.4 Å². The Bertz CT molecular complexity index is 373. The van der Waals surface area contributed by atoms with E-state index in [1.54, 1.807) is 12.1 Å². The van der Waals surface area contributed by atoms with Crippen LogP contribution in [0.2, 0.25) is 0 Å². The smallest absolute Gasteiger partial charge is 0.337 e. The molecule has 0 spiro atoms. The van der Waals surface area contributed by atoms with Crippen LogP contribution in [0.25, 0.3) is 0 Å². The second kappa shape index (κ2) is 8.37. The van der Waals surface area contributed by atoms with Crippen molar-refractivity contribution in [1.29, 1.82) is 0 Å². The molecule has 1 unspecified atom stereocenters. The molecule has 1 N–H and O–H groups in total. The fourth-order valence-electron chi connectivity index (χ4n) is 1.18. The Labute approximate surface area is 102 Å². The van der Waals surface area contributed by atoms with Gasteiger partial charge in [-0.05, 0) is 12.5 Å². The highest BCUT2D eigenvalue weighted by molar-refractivity contribution is 5.74. The lowest BCUT2D eigenvalue weighted by Gasteiger charge is -2.12. The predicted molar refractivity (Wildman–Crippen MR) is 67.7 cm³/mol. The molecule has 92 valence electrons. The number of hydrogen-bond acceptors (Lipinski definition) is 2. The van der Waals surface area contributed by atoms with Crippen molar-refractivity contribution in [3.63, 3.8) is 0 Å². The highest BCUT2D eigenvalue weighted by Crippen LogP contribution is 2.17. The Morgan fingerprint density at radius 2 is 1.94 bits per heavy atom. The maximum atomic E-state index is 10.9. The standard InChI is InChI=1S/C12H12O3.C2H6/c1-3-8-15-11(12(13)14)10-6-4-9(2)5-7-10;1-2/h1,4-7,11H,8H2,2H3,(H,13,14);1-2H3. The number of hydrogen-bond donors (Lipinski definition) is 1. The summed E-state index contributed by atoms with van der Waals surface area (Å²) in [4.78, 5) is 10.9. The van der Waals surface area contributed by atoms with Gasteiger partial charge in [-0.3, -0.25) is 0 Å². The van der Waals surface area contributed by atoms with E-state index in [1.807, 2.05) is 32.9 Å². The van der Waals surface area contributed by atoms with Crippen molar-refractivity contribution in [2.45, 2.75) is 26.9 Å². The maximum Gasteiger partial charge on any atom is 0.337 e. The van der Waals surface area contributed by atoms with Gasteiger partial charge in [-0.2, -0.15) is 0 Å². The lowest BCUT2D eigenvalue weighted by Crippen LogP contribution is -2.15. The number of ether oxygens (including phenoxy) is 1. The van der Waals surface area contributed by atoms with Crippen LogP contribution in [0.4, 0.5) is 0 Å². The minimum absolute atomic E-state index is 0.00908. The first-order valence-electron chi connectivity index (χ1n) is 5.49. The molecule has 17 heavy (non-hydrogen) atoms. The molecule has 1 rings (SSSR count). The van der Waals surface area contributed by atoms with E-state index in [2.05, 4.69) is 5.92 Å². The van der Waals surface area contributed by atoms with Crippen molar-refractivity contribution < 1.29 is 14.6 Å². The van der Waals surface area contributed by atoms with E-state index in [9.17, 15) is 4.79 Å². The largest absolute Gasteiger partial charge is 0.479 e. The zero-order valence-electron chi connectivity index (χ0n) is 10.4. The Morgan fingerprint density at radius 3 is 2.35 bits per heavy atom. The van der Waals surface area contributed by atoms with E-state index >= 15 is 0 Å². The summed E-state index contributed by atoms with van der Waals surface area (Å²) in [5.41, 5.74) is 1.67. The molecule has 0 saturated carbocycles. The van der Waals surface area contributed by atoms with Gasteiger partial charge >= 0.3 is 5.97 Å². The van der Waals surface area contributed by atoms with Crippen LogP contribution in [0.1, 0.15) is 31.1 Å². The van der Waals surface area contributed by atoms with E-state index < -0.39 is 12.1 Å². The van der Waals surface area contributed by atoms with Crippen molar-refractivity contribution in [3.8, 4) is 12.3 Å². The summed E-state index contributed by atoms with van der Waals surface area (Å²) in [6, 6.07) is 7.13. The van der Waals surface area contributed by atoms with Gasteiger partial charge in [0.15, 0.2) is 6.10 Å². The molecule has 1 aromatic rings. The molecule has 0 amide bonds. The summed E-state index contributed by atoms with van der Waals surface area (Å²) in [5.74, 6) is 1.22. The number of aliphatic carboxylic acids is 1. The predicted octanol–water partition coefficient (Wildman–Crippen LogP) is 2.80. The average molecular weight is 234 g/mol. The molecule has 1 aromatic carbocycles. The Hall–Kier alpha value is -1.79. The molecule has 0 saturated heterocycles. The fourth-order valence-corrected chi connectivity index (χ4v) is 1.18. The summed E-state index contributed by atoms with van der Waals surface area (Å²) in [6.45, 7) is 5.92. The molecular weight excluding hydrogens is 216 g/mol. The van der Waals surface area contributed by atoms with Gasteiger partial charge in [0.05, 0.1) is 0 Å². The first-order chi connectivity index (χ1) is 8.15. The molecule has 0 radical (unpaired) electrons. The van der Waals surface area contributed by atoms with Gasteiger partial charge in [0, 0.05) is 0 Å². The van der Waals surface area contributed by atoms with E-state index in [4.69, 9.17) is 16.3 Å². The van der Waals surface area contributed by atoms with Crippen LogP contribution in [-0.4, -0.2) is 17.7 Å². The highest BCUT2D eigenvalue weighted by atomic mass is 16.5. The van der Waals surface area contributed by atoms with Crippen LogP contribution in [0.5, 0.6) is 0 Å². The molecule has 3 nitrogen and oxygen atoms in total. The molecule has 0 aromatic heterocycles. The molecular formula is C14H18O3. The normalized spacial score (nSPS) is 10.7. The molecule has 3 heteroatoms. The highest BCUT2D eigenvalue weighted by Gasteiger charge is 2.19. The zero-order valence-corrected chi connectivity index (χ0v) is 10.4. The van der Waals surface area contributed by atoms with Crippen molar-refractivity contribution in [2.24, 2.45) is 0 Å². The third-order valence-electron chi connectivity index (χ3n) is 1.94. The second-order valence-corrected chi connectivity index (χ2v) is 3.14. The minimum Gasteiger partial charge on any atom is -0.479 e. The van der Waals surface area contributed by atoms with Crippen LogP contribution >= 0.6 is 0 Å². The van der Waals surface area contributed by atoms with Crippen LogP contribution in [-0.2, 0) is 9.53 Å². The maximum absolute atomic E-state index is 10.9. The van der Waals surface area contributed by atoms with Gasteiger partial charge in [0.1, 0.15) is 6.61 Å². The molecule has 0 heterocycles. The molecule has 1 atom stereocenters. The first-order valence-corrected chi connectivity index (χ1v) is 5.49. The topological polar surface area (TPSA) is 46.5 Å². The lowest BCUT2D eigenvalue weighted by atomic mass is 10.1. The van der Waals surface area contributed by atoms with Crippen molar-refractivity contribution in [2.75, 3.05) is 6.61 Å². The summed E-state index contributed by atoms with van der Waals surface area (Å²) >= 11 is 0. The number of benzene rings is 1. The van der Waals surface area contributed by atoms with Crippen LogP contribution in [0, 0.1) is 19.3 Å². The van der Waals surface area contributed by atoms with E-state index in [-0.39, 0.29) is 6.61 Å². The van der Waals surface area contributed by atoms with Crippen molar-refractivity contribution >= 4 is 5.97 Å². The Morgan fingerprint density at radius 1 is 1.41 bits per heavy atom. The van der Waals surface area contributed by atoms with Gasteiger partial charge in [0.2, 0.25) is 0 Å². The van der Waals surface area contributed by atoms with Gasteiger partial charge in [-0.1, -0.05) is 49.6 Å². The third-order valence-corrected chi connectivity index (χ3v) is 1.94. The number of aryl methyl sites for hydroxylation is 1. The quantitative estimate of drug-likeness (QED) is 0.815. The molecule has 0 aliphatic rings. The van der Waals surface area contributed by atoms with Crippen LogP contribution in [0.15, 0.2) is 24.3 Å². The van der Waals surface area contributed by atoms with E-state index in [1.165, 1.54) is 0 Å². The Balaban J connectivity index is 0.00000121. The van der Waals surface area contributed by atoms with E-state index in [0.29, 0.717) is 5.56 Å². The number of terminal acetylenes is 1. The zero-order chi connectivity index (χ0) is 13.3. The SMILES string of the molecule is C#CCOC(C(=O)O)c1ccc(C)cc1.CC. The van der Waals surface area contributed by atoms with Gasteiger partial charge < -0.3 is 9.84 Å². The second-order valence-electron chi connectivity index (χ2n) is 3.14. The molecule has 0 bridgehead atoms. The summed E-state index contributed by atoms with van der Waals surface area (Å²) in [7, 11) is 0. The summed E-state index contributed by atoms with van der Waals surface area (Å²) in [6.07, 6.45) is 4.03. The number of carboxylic acids is 1. The summed E-state index contributed by atoms with van der Waals surface area (Å²) in [5, 5.41) is 8.93. The van der Waals surface area contributed by atoms with Gasteiger partial charge in [-0.15, -0.1) is 6.42 Å². The lowest BCUT2D eigenvalue weighted by molar-refractivity contribution is -0.149. The Kier molecular flexibility index (Phi) is 7.49. The first kappa shape index (κ1) is 15.2. The van der Waals surface area contributed by atoms with Crippen molar-refractivity contribution in [1.82, 2.24) is 0 Å². The number of carbonyl (C=O) groups is 1. The van der Waals surface area contributed by atoms with Gasteiger partial charge in [0.25, 0.3) is 0 Å². The number of rotatable bonds is 4. The fraction of sp³-hybridized carbons (Fsp3) is 0.357. The molecule has 0 aliphatic carbocycles. The van der Waals surface area contributed by atoms with E-state index in [0.717, 1.165) is 5.56 Å². The molecule has 0 fully saturated rings. The average Bonchev–Trinajstić information content (AvgIpc) is 2.34. The van der Waals surface area contributed by atoms with Crippen LogP contribution in [0.3, 0.4) is 0 Å². The van der Waals surface area contributed by atoms with Gasteiger partial charge in [-0.25, -0.2) is 4.79 Å². The number of carboxylic acid groups (broad SMARTS) is 1. The van der Waals surface area contributed by atoms with Crippen LogP contribution < -0.4 is 0 Å². The third kappa shape index (κ3) is 5.19. The monoisotopic (exact) mass is 234 g/mol. The molecule has 0 aliphatic heterocycles. The summed E-state index contributed by atoms with van der Waals surface area (Å²) < 4.78 is 5.04. The minimum atomic E-state index is -1.03.